The number of methoxy groups -OCH3 is 1. The molecule has 4 nitrogen and oxygen atoms in total. The van der Waals surface area contributed by atoms with E-state index in [0.717, 1.165) is 17.1 Å². The highest BCUT2D eigenvalue weighted by molar-refractivity contribution is 5.35. The number of hydrogen-bond donors (Lipinski definition) is 2. The molecule has 0 aliphatic heterocycles. The van der Waals surface area contributed by atoms with Gasteiger partial charge in [-0.3, -0.25) is 0 Å². The van der Waals surface area contributed by atoms with E-state index >= 15 is 0 Å². The number of nitrogens with one attached hydrogen (secondary N) is 1. The van der Waals surface area contributed by atoms with Crippen LogP contribution in [0.3, 0.4) is 0 Å². The second-order valence-electron chi connectivity index (χ2n) is 4.37. The Balaban J connectivity index is 1.98. The Hall–Kier alpha value is -1.78. The molecule has 0 radical (unpaired) electrons. The highest BCUT2D eigenvalue weighted by Gasteiger charge is 2.11. The zero-order valence-corrected chi connectivity index (χ0v) is 11.2. The van der Waals surface area contributed by atoms with E-state index in [1.165, 1.54) is 0 Å². The van der Waals surface area contributed by atoms with Crippen LogP contribution in [0.1, 0.15) is 30.0 Å². The summed E-state index contributed by atoms with van der Waals surface area (Å²) in [5.74, 6) is 2.27. The Bertz CT molecular complexity index is 522. The molecule has 1 aromatic heterocycles. The molecule has 1 atom stereocenters. The first-order valence-electron chi connectivity index (χ1n) is 6.29. The number of aliphatic hydroxyl groups excluding tert-OH is 1. The molecule has 1 heterocycles. The van der Waals surface area contributed by atoms with Gasteiger partial charge < -0.3 is 19.6 Å². The van der Waals surface area contributed by atoms with E-state index in [-0.39, 0.29) is 12.6 Å². The number of rotatable bonds is 6. The lowest BCUT2D eigenvalue weighted by Crippen LogP contribution is -2.18. The highest BCUT2D eigenvalue weighted by Crippen LogP contribution is 2.24. The standard InChI is InChI=1S/C15H19NO3/c1-11(14-5-3-4-6-15(14)18-2)16-9-12-7-8-13(10-17)19-12/h3-8,11,16-17H,9-10H2,1-2H3/t11-/m0/s1. The van der Waals surface area contributed by atoms with Gasteiger partial charge in [-0.05, 0) is 25.1 Å². The fourth-order valence-corrected chi connectivity index (χ4v) is 1.99. The van der Waals surface area contributed by atoms with Gasteiger partial charge in [-0.15, -0.1) is 0 Å². The molecule has 0 saturated heterocycles. The summed E-state index contributed by atoms with van der Waals surface area (Å²) in [4.78, 5) is 0. The second kappa shape index (κ2) is 6.41. The topological polar surface area (TPSA) is 54.6 Å². The van der Waals surface area contributed by atoms with Gasteiger partial charge in [-0.25, -0.2) is 0 Å². The fourth-order valence-electron chi connectivity index (χ4n) is 1.99. The van der Waals surface area contributed by atoms with Crippen LogP contribution in [0.4, 0.5) is 0 Å². The maximum Gasteiger partial charge on any atom is 0.129 e. The van der Waals surface area contributed by atoms with Crippen LogP contribution in [0.25, 0.3) is 0 Å². The molecule has 2 rings (SSSR count). The van der Waals surface area contributed by atoms with Crippen molar-refractivity contribution in [2.75, 3.05) is 7.11 Å². The minimum Gasteiger partial charge on any atom is -0.496 e. The number of furan rings is 1. The van der Waals surface area contributed by atoms with Crippen molar-refractivity contribution in [1.29, 1.82) is 0 Å². The number of aliphatic hydroxyl groups is 1. The molecule has 2 N–H and O–H groups in total. The molecular formula is C15H19NO3. The van der Waals surface area contributed by atoms with Crippen LogP contribution in [-0.4, -0.2) is 12.2 Å². The maximum absolute atomic E-state index is 8.94. The van der Waals surface area contributed by atoms with Gasteiger partial charge >= 0.3 is 0 Å². The van der Waals surface area contributed by atoms with Crippen LogP contribution in [-0.2, 0) is 13.2 Å². The molecule has 4 heteroatoms. The average molecular weight is 261 g/mol. The minimum atomic E-state index is -0.0674. The van der Waals surface area contributed by atoms with E-state index < -0.39 is 0 Å². The number of para-hydroxylation sites is 1. The molecule has 19 heavy (non-hydrogen) atoms. The summed E-state index contributed by atoms with van der Waals surface area (Å²) in [6.07, 6.45) is 0. The maximum atomic E-state index is 8.94. The Morgan fingerprint density at radius 3 is 2.63 bits per heavy atom. The SMILES string of the molecule is COc1ccccc1[C@H](C)NCc1ccc(CO)o1. The highest BCUT2D eigenvalue weighted by atomic mass is 16.5. The summed E-state index contributed by atoms with van der Waals surface area (Å²) < 4.78 is 10.8. The van der Waals surface area contributed by atoms with Crippen LogP contribution in [0.15, 0.2) is 40.8 Å². The summed E-state index contributed by atoms with van der Waals surface area (Å²) in [7, 11) is 1.67. The van der Waals surface area contributed by atoms with Gasteiger partial charge in [0.05, 0.1) is 13.7 Å². The van der Waals surface area contributed by atoms with Gasteiger partial charge in [0.1, 0.15) is 23.9 Å². The second-order valence-corrected chi connectivity index (χ2v) is 4.37. The predicted octanol–water partition coefficient (Wildman–Crippen LogP) is 2.63. The third-order valence-corrected chi connectivity index (χ3v) is 3.06. The molecule has 0 fully saturated rings. The minimum absolute atomic E-state index is 0.0674. The first-order valence-corrected chi connectivity index (χ1v) is 6.29. The van der Waals surface area contributed by atoms with E-state index in [9.17, 15) is 0 Å². The molecule has 2 aromatic rings. The van der Waals surface area contributed by atoms with E-state index in [2.05, 4.69) is 12.2 Å². The van der Waals surface area contributed by atoms with Crippen molar-refractivity contribution in [3.05, 3.63) is 53.5 Å². The van der Waals surface area contributed by atoms with Gasteiger partial charge in [0.15, 0.2) is 0 Å². The van der Waals surface area contributed by atoms with Crippen LogP contribution in [0.2, 0.25) is 0 Å². The molecule has 0 aliphatic rings. The van der Waals surface area contributed by atoms with Crippen LogP contribution >= 0.6 is 0 Å². The van der Waals surface area contributed by atoms with Crippen molar-refractivity contribution in [2.45, 2.75) is 26.1 Å². The monoisotopic (exact) mass is 261 g/mol. The lowest BCUT2D eigenvalue weighted by Gasteiger charge is -2.16. The number of hydrogen-bond acceptors (Lipinski definition) is 4. The van der Waals surface area contributed by atoms with E-state index in [1.54, 1.807) is 13.2 Å². The van der Waals surface area contributed by atoms with Gasteiger partial charge in [-0.1, -0.05) is 18.2 Å². The summed E-state index contributed by atoms with van der Waals surface area (Å²) >= 11 is 0. The van der Waals surface area contributed by atoms with Gasteiger partial charge in [-0.2, -0.15) is 0 Å². The van der Waals surface area contributed by atoms with Crippen molar-refractivity contribution in [2.24, 2.45) is 0 Å². The molecule has 0 aliphatic carbocycles. The summed E-state index contributed by atoms with van der Waals surface area (Å²) in [6, 6.07) is 11.7. The van der Waals surface area contributed by atoms with Crippen molar-refractivity contribution in [1.82, 2.24) is 5.32 Å². The van der Waals surface area contributed by atoms with Gasteiger partial charge in [0, 0.05) is 11.6 Å². The number of ether oxygens (including phenoxy) is 1. The van der Waals surface area contributed by atoms with E-state index in [0.29, 0.717) is 12.3 Å². The smallest absolute Gasteiger partial charge is 0.129 e. The van der Waals surface area contributed by atoms with E-state index in [1.807, 2.05) is 30.3 Å². The van der Waals surface area contributed by atoms with Gasteiger partial charge in [0.2, 0.25) is 0 Å². The van der Waals surface area contributed by atoms with Crippen molar-refractivity contribution < 1.29 is 14.3 Å². The molecule has 0 amide bonds. The normalized spacial score (nSPS) is 12.4. The van der Waals surface area contributed by atoms with Gasteiger partial charge in [0.25, 0.3) is 0 Å². The summed E-state index contributed by atoms with van der Waals surface area (Å²) in [5.41, 5.74) is 1.11. The summed E-state index contributed by atoms with van der Waals surface area (Å²) in [6.45, 7) is 2.62. The molecule has 102 valence electrons. The number of benzene rings is 1. The van der Waals surface area contributed by atoms with E-state index in [4.69, 9.17) is 14.3 Å². The lowest BCUT2D eigenvalue weighted by atomic mass is 10.1. The fraction of sp³-hybridized carbons (Fsp3) is 0.333. The first kappa shape index (κ1) is 13.6. The Morgan fingerprint density at radius 2 is 1.95 bits per heavy atom. The van der Waals surface area contributed by atoms with Crippen molar-refractivity contribution in [3.8, 4) is 5.75 Å². The van der Waals surface area contributed by atoms with Crippen LogP contribution in [0, 0.1) is 0 Å². The molecular weight excluding hydrogens is 242 g/mol. The van der Waals surface area contributed by atoms with Crippen molar-refractivity contribution in [3.63, 3.8) is 0 Å². The quantitative estimate of drug-likeness (QED) is 0.839. The summed E-state index contributed by atoms with van der Waals surface area (Å²) in [5, 5.41) is 12.3. The molecule has 0 unspecified atom stereocenters. The van der Waals surface area contributed by atoms with Crippen LogP contribution < -0.4 is 10.1 Å². The molecule has 1 aromatic carbocycles. The largest absolute Gasteiger partial charge is 0.496 e. The lowest BCUT2D eigenvalue weighted by molar-refractivity contribution is 0.242. The third-order valence-electron chi connectivity index (χ3n) is 3.06. The molecule has 0 bridgehead atoms. The van der Waals surface area contributed by atoms with Crippen molar-refractivity contribution >= 4 is 0 Å². The molecule has 0 spiro atoms. The molecule has 0 saturated carbocycles. The Labute approximate surface area is 113 Å². The third kappa shape index (κ3) is 3.36. The average Bonchev–Trinajstić information content (AvgIpc) is 2.92. The zero-order valence-electron chi connectivity index (χ0n) is 11.2. The Kier molecular flexibility index (Phi) is 4.60. The van der Waals surface area contributed by atoms with Crippen LogP contribution in [0.5, 0.6) is 5.75 Å². The first-order chi connectivity index (χ1) is 9.24. The predicted molar refractivity (Wildman–Crippen MR) is 72.9 cm³/mol. The Morgan fingerprint density at radius 1 is 1.21 bits per heavy atom. The zero-order chi connectivity index (χ0) is 13.7.